The first kappa shape index (κ1) is 15.6. The fourth-order valence-corrected chi connectivity index (χ4v) is 4.22. The SMILES string of the molecule is C[C@]1(O)C[C@@H](C(=O)N2CCC(Cn3ccc4cccnc43)CC2)C1. The Morgan fingerprint density at radius 3 is 2.79 bits per heavy atom. The van der Waals surface area contributed by atoms with Crippen LogP contribution in [-0.2, 0) is 11.3 Å². The van der Waals surface area contributed by atoms with Crippen LogP contribution in [0.4, 0.5) is 0 Å². The van der Waals surface area contributed by atoms with E-state index in [-0.39, 0.29) is 11.8 Å². The lowest BCUT2D eigenvalue weighted by Crippen LogP contribution is -2.51. The predicted octanol–water partition coefficient (Wildman–Crippen LogP) is 2.44. The van der Waals surface area contributed by atoms with Crippen molar-refractivity contribution in [2.75, 3.05) is 13.1 Å². The summed E-state index contributed by atoms with van der Waals surface area (Å²) in [6, 6.07) is 6.17. The van der Waals surface area contributed by atoms with Gasteiger partial charge >= 0.3 is 0 Å². The number of amides is 1. The largest absolute Gasteiger partial charge is 0.390 e. The lowest BCUT2D eigenvalue weighted by atomic mass is 9.71. The molecule has 1 aliphatic heterocycles. The number of carbonyl (C=O) groups excluding carboxylic acids is 1. The molecule has 0 radical (unpaired) electrons. The molecule has 5 nitrogen and oxygen atoms in total. The Bertz CT molecular complexity index is 736. The first-order chi connectivity index (χ1) is 11.5. The molecule has 1 amide bonds. The van der Waals surface area contributed by atoms with Crippen molar-refractivity contribution in [3.05, 3.63) is 30.6 Å². The monoisotopic (exact) mass is 327 g/mol. The number of likely N-dealkylation sites (tertiary alicyclic amines) is 1. The number of rotatable bonds is 3. The van der Waals surface area contributed by atoms with E-state index < -0.39 is 5.60 Å². The quantitative estimate of drug-likeness (QED) is 0.942. The predicted molar refractivity (Wildman–Crippen MR) is 92.4 cm³/mol. The van der Waals surface area contributed by atoms with E-state index >= 15 is 0 Å². The van der Waals surface area contributed by atoms with E-state index in [1.54, 1.807) is 0 Å². The summed E-state index contributed by atoms with van der Waals surface area (Å²) in [5, 5.41) is 11.0. The maximum Gasteiger partial charge on any atom is 0.225 e. The summed E-state index contributed by atoms with van der Waals surface area (Å²) in [4.78, 5) is 18.9. The number of hydrogen-bond donors (Lipinski definition) is 1. The normalized spacial score (nSPS) is 28.1. The summed E-state index contributed by atoms with van der Waals surface area (Å²) < 4.78 is 2.24. The average molecular weight is 327 g/mol. The third-order valence-electron chi connectivity index (χ3n) is 5.63. The van der Waals surface area contributed by atoms with Crippen LogP contribution in [0.25, 0.3) is 11.0 Å². The van der Waals surface area contributed by atoms with Crippen molar-refractivity contribution in [1.82, 2.24) is 14.5 Å². The van der Waals surface area contributed by atoms with Gasteiger partial charge < -0.3 is 14.6 Å². The fourth-order valence-electron chi connectivity index (χ4n) is 4.22. The minimum absolute atomic E-state index is 0.0362. The fraction of sp³-hybridized carbons (Fsp3) is 0.579. The van der Waals surface area contributed by atoms with Crippen LogP contribution in [-0.4, -0.2) is 44.2 Å². The summed E-state index contributed by atoms with van der Waals surface area (Å²) in [5.74, 6) is 0.873. The summed E-state index contributed by atoms with van der Waals surface area (Å²) in [5.41, 5.74) is 0.425. The number of aromatic nitrogens is 2. The molecule has 1 aliphatic carbocycles. The van der Waals surface area contributed by atoms with E-state index in [4.69, 9.17) is 0 Å². The van der Waals surface area contributed by atoms with Crippen LogP contribution in [0.2, 0.25) is 0 Å². The third kappa shape index (κ3) is 2.93. The van der Waals surface area contributed by atoms with Gasteiger partial charge in [0.05, 0.1) is 5.60 Å². The number of carbonyl (C=O) groups is 1. The lowest BCUT2D eigenvalue weighted by Gasteiger charge is -2.43. The van der Waals surface area contributed by atoms with Gasteiger partial charge in [0.25, 0.3) is 0 Å². The molecule has 128 valence electrons. The van der Waals surface area contributed by atoms with Crippen LogP contribution in [0.3, 0.4) is 0 Å². The van der Waals surface area contributed by atoms with Crippen LogP contribution < -0.4 is 0 Å². The van der Waals surface area contributed by atoms with E-state index in [0.717, 1.165) is 38.1 Å². The molecule has 2 aromatic rings. The Hall–Kier alpha value is -1.88. The van der Waals surface area contributed by atoms with E-state index in [1.165, 1.54) is 5.39 Å². The molecule has 3 heterocycles. The van der Waals surface area contributed by atoms with Gasteiger partial charge in [0.2, 0.25) is 5.91 Å². The molecule has 1 N–H and O–H groups in total. The lowest BCUT2D eigenvalue weighted by molar-refractivity contribution is -0.151. The number of aliphatic hydroxyl groups is 1. The summed E-state index contributed by atoms with van der Waals surface area (Å²) in [7, 11) is 0. The Kier molecular flexibility index (Phi) is 3.83. The molecule has 0 unspecified atom stereocenters. The van der Waals surface area contributed by atoms with Gasteiger partial charge in [0.1, 0.15) is 5.65 Å². The third-order valence-corrected chi connectivity index (χ3v) is 5.63. The Labute approximate surface area is 142 Å². The van der Waals surface area contributed by atoms with Crippen molar-refractivity contribution in [2.45, 2.75) is 44.8 Å². The standard InChI is InChI=1S/C19H25N3O2/c1-19(24)11-16(12-19)18(23)21-8-4-14(5-9-21)13-22-10-6-15-3-2-7-20-17(15)22/h2-3,6-7,10,14,16,24H,4-5,8-9,11-13H2,1H3/t16-,19+. The van der Waals surface area contributed by atoms with Crippen LogP contribution in [0, 0.1) is 11.8 Å². The van der Waals surface area contributed by atoms with Gasteiger partial charge in [-0.1, -0.05) is 0 Å². The van der Waals surface area contributed by atoms with Crippen molar-refractivity contribution < 1.29 is 9.90 Å². The highest BCUT2D eigenvalue weighted by atomic mass is 16.3. The van der Waals surface area contributed by atoms with Gasteiger partial charge in [0.15, 0.2) is 0 Å². The van der Waals surface area contributed by atoms with Crippen molar-refractivity contribution in [1.29, 1.82) is 0 Å². The summed E-state index contributed by atoms with van der Waals surface area (Å²) >= 11 is 0. The molecule has 5 heteroatoms. The molecule has 24 heavy (non-hydrogen) atoms. The number of piperidine rings is 1. The highest BCUT2D eigenvalue weighted by Gasteiger charge is 2.44. The Morgan fingerprint density at radius 1 is 1.33 bits per heavy atom. The second-order valence-electron chi connectivity index (χ2n) is 7.76. The number of pyridine rings is 1. The van der Waals surface area contributed by atoms with Gasteiger partial charge in [-0.2, -0.15) is 0 Å². The van der Waals surface area contributed by atoms with Crippen molar-refractivity contribution >= 4 is 16.9 Å². The molecule has 4 rings (SSSR count). The first-order valence-corrected chi connectivity index (χ1v) is 8.93. The first-order valence-electron chi connectivity index (χ1n) is 8.93. The van der Waals surface area contributed by atoms with Crippen molar-refractivity contribution in [3.63, 3.8) is 0 Å². The molecular weight excluding hydrogens is 302 g/mol. The summed E-state index contributed by atoms with van der Waals surface area (Å²) in [6.45, 7) is 4.47. The highest BCUT2D eigenvalue weighted by Crippen LogP contribution is 2.39. The maximum atomic E-state index is 12.5. The molecule has 2 fully saturated rings. The molecule has 2 aromatic heterocycles. The van der Waals surface area contributed by atoms with Crippen LogP contribution in [0.15, 0.2) is 30.6 Å². The molecule has 0 spiro atoms. The smallest absolute Gasteiger partial charge is 0.225 e. The zero-order chi connectivity index (χ0) is 16.7. The second kappa shape index (κ2) is 5.88. The van der Waals surface area contributed by atoms with Gasteiger partial charge in [-0.3, -0.25) is 4.79 Å². The minimum Gasteiger partial charge on any atom is -0.390 e. The molecule has 0 atom stereocenters. The second-order valence-corrected chi connectivity index (χ2v) is 7.76. The topological polar surface area (TPSA) is 58.4 Å². The molecule has 1 saturated heterocycles. The van der Waals surface area contributed by atoms with Gasteiger partial charge in [0, 0.05) is 43.3 Å². The zero-order valence-corrected chi connectivity index (χ0v) is 14.2. The number of hydrogen-bond acceptors (Lipinski definition) is 3. The molecular formula is C19H25N3O2. The molecule has 1 saturated carbocycles. The maximum absolute atomic E-state index is 12.5. The van der Waals surface area contributed by atoms with Crippen LogP contribution in [0.1, 0.15) is 32.6 Å². The van der Waals surface area contributed by atoms with Crippen molar-refractivity contribution in [2.24, 2.45) is 11.8 Å². The molecule has 0 bridgehead atoms. The highest BCUT2D eigenvalue weighted by molar-refractivity contribution is 5.80. The Morgan fingerprint density at radius 2 is 2.08 bits per heavy atom. The van der Waals surface area contributed by atoms with Crippen LogP contribution >= 0.6 is 0 Å². The Balaban J connectivity index is 1.32. The molecule has 0 aromatic carbocycles. The van der Waals surface area contributed by atoms with Gasteiger partial charge in [-0.25, -0.2) is 4.98 Å². The minimum atomic E-state index is -0.624. The van der Waals surface area contributed by atoms with Gasteiger partial charge in [-0.15, -0.1) is 0 Å². The van der Waals surface area contributed by atoms with Crippen molar-refractivity contribution in [3.8, 4) is 0 Å². The van der Waals surface area contributed by atoms with Gasteiger partial charge in [-0.05, 0) is 56.7 Å². The summed E-state index contributed by atoms with van der Waals surface area (Å²) in [6.07, 6.45) is 7.28. The zero-order valence-electron chi connectivity index (χ0n) is 14.2. The number of nitrogens with zero attached hydrogens (tertiary/aromatic N) is 3. The number of fused-ring (bicyclic) bond motifs is 1. The van der Waals surface area contributed by atoms with E-state index in [9.17, 15) is 9.90 Å². The van der Waals surface area contributed by atoms with E-state index in [0.29, 0.717) is 18.8 Å². The molecule has 2 aliphatic rings. The van der Waals surface area contributed by atoms with E-state index in [2.05, 4.69) is 27.9 Å². The van der Waals surface area contributed by atoms with E-state index in [1.807, 2.05) is 24.1 Å². The van der Waals surface area contributed by atoms with Crippen LogP contribution in [0.5, 0.6) is 0 Å². The average Bonchev–Trinajstić information content (AvgIpc) is 2.96.